The number of nitrogens with two attached hydrogens (primary N) is 3. The molecule has 4 nitrogen and oxygen atoms in total. The molecule has 29 heavy (non-hydrogen) atoms. The van der Waals surface area contributed by atoms with Crippen LogP contribution in [0.3, 0.4) is 0 Å². The van der Waals surface area contributed by atoms with E-state index in [9.17, 15) is 0 Å². The maximum absolute atomic E-state index is 6.02. The average molecular weight is 378 g/mol. The van der Waals surface area contributed by atoms with Gasteiger partial charge in [0.05, 0.1) is 16.8 Å². The lowest BCUT2D eigenvalue weighted by Crippen LogP contribution is -2.31. The van der Waals surface area contributed by atoms with Crippen LogP contribution in [0, 0.1) is 0 Å². The highest BCUT2D eigenvalue weighted by Gasteiger charge is 2.39. The lowest BCUT2D eigenvalue weighted by atomic mass is 9.65. The van der Waals surface area contributed by atoms with E-state index in [1.807, 2.05) is 36.4 Å². The molecule has 1 heterocycles. The van der Waals surface area contributed by atoms with E-state index in [0.717, 1.165) is 39.4 Å². The van der Waals surface area contributed by atoms with E-state index in [4.69, 9.17) is 17.2 Å². The average Bonchev–Trinajstić information content (AvgIpc) is 3.51. The summed E-state index contributed by atoms with van der Waals surface area (Å²) in [4.78, 5) is 0. The largest absolute Gasteiger partial charge is 0.399 e. The van der Waals surface area contributed by atoms with E-state index in [1.165, 1.54) is 11.3 Å². The van der Waals surface area contributed by atoms with Gasteiger partial charge in [0, 0.05) is 17.1 Å². The molecule has 1 aliphatic rings. The monoisotopic (exact) mass is 378 g/mol. The molecule has 0 bridgehead atoms. The van der Waals surface area contributed by atoms with Crippen molar-refractivity contribution < 1.29 is 0 Å². The van der Waals surface area contributed by atoms with Crippen molar-refractivity contribution in [1.82, 2.24) is 0 Å². The molecule has 0 aromatic heterocycles. The summed E-state index contributed by atoms with van der Waals surface area (Å²) in [6, 6.07) is 30.8. The first-order chi connectivity index (χ1) is 14.1. The van der Waals surface area contributed by atoms with Crippen LogP contribution in [0.5, 0.6) is 0 Å². The summed E-state index contributed by atoms with van der Waals surface area (Å²) >= 11 is 0. The number of anilines is 5. The van der Waals surface area contributed by atoms with E-state index in [1.54, 1.807) is 0 Å². The zero-order chi connectivity index (χ0) is 20.0. The Bertz CT molecular complexity index is 1070. The minimum absolute atomic E-state index is 0.533. The Morgan fingerprint density at radius 2 is 0.828 bits per heavy atom. The van der Waals surface area contributed by atoms with Crippen LogP contribution in [0.25, 0.3) is 0 Å². The van der Waals surface area contributed by atoms with Crippen molar-refractivity contribution >= 4 is 28.4 Å². The molecule has 0 aliphatic carbocycles. The van der Waals surface area contributed by atoms with Gasteiger partial charge in [0.1, 0.15) is 0 Å². The van der Waals surface area contributed by atoms with E-state index >= 15 is 0 Å². The summed E-state index contributed by atoms with van der Waals surface area (Å²) in [5.41, 5.74) is 26.6. The van der Waals surface area contributed by atoms with Crippen molar-refractivity contribution in [3.63, 3.8) is 0 Å². The van der Waals surface area contributed by atoms with E-state index in [0.29, 0.717) is 0 Å². The van der Waals surface area contributed by atoms with Crippen molar-refractivity contribution in [3.8, 4) is 0 Å². The van der Waals surface area contributed by atoms with E-state index in [-0.39, 0.29) is 0 Å². The van der Waals surface area contributed by atoms with Gasteiger partial charge in [-0.1, -0.05) is 42.5 Å². The number of hydrogen-bond donors (Lipinski definition) is 4. The predicted molar refractivity (Wildman–Crippen MR) is 121 cm³/mol. The lowest BCUT2D eigenvalue weighted by molar-refractivity contribution is 0.747. The van der Waals surface area contributed by atoms with Crippen LogP contribution in [0.2, 0.25) is 0 Å². The van der Waals surface area contributed by atoms with Crippen LogP contribution in [-0.4, -0.2) is 0 Å². The number of benzene rings is 4. The van der Waals surface area contributed by atoms with Crippen LogP contribution in [0.4, 0.5) is 28.4 Å². The topological polar surface area (TPSA) is 100 Å². The fourth-order valence-electron chi connectivity index (χ4n) is 4.17. The van der Waals surface area contributed by atoms with E-state index < -0.39 is 5.41 Å². The third-order valence-electron chi connectivity index (χ3n) is 5.69. The Hall–Kier alpha value is -3.92. The van der Waals surface area contributed by atoms with Crippen LogP contribution in [0.15, 0.2) is 91.0 Å². The molecule has 0 saturated heterocycles. The van der Waals surface area contributed by atoms with Crippen molar-refractivity contribution in [2.24, 2.45) is 0 Å². The Balaban J connectivity index is 1.88. The molecule has 142 valence electrons. The Morgan fingerprint density at radius 1 is 0.448 bits per heavy atom. The van der Waals surface area contributed by atoms with Gasteiger partial charge < -0.3 is 22.5 Å². The molecule has 0 radical (unpaired) electrons. The van der Waals surface area contributed by atoms with Gasteiger partial charge in [0.25, 0.3) is 0 Å². The van der Waals surface area contributed by atoms with Gasteiger partial charge in [0.15, 0.2) is 0 Å². The molecule has 4 aromatic carbocycles. The number of hydrogen-bond acceptors (Lipinski definition) is 4. The molecule has 0 saturated carbocycles. The van der Waals surface area contributed by atoms with Crippen molar-refractivity contribution in [1.29, 1.82) is 0 Å². The van der Waals surface area contributed by atoms with Crippen molar-refractivity contribution in [2.45, 2.75) is 5.41 Å². The van der Waals surface area contributed by atoms with Gasteiger partial charge in [-0.2, -0.15) is 0 Å². The van der Waals surface area contributed by atoms with Crippen LogP contribution >= 0.6 is 0 Å². The second-order valence-electron chi connectivity index (χ2n) is 7.50. The summed E-state index contributed by atoms with van der Waals surface area (Å²) in [6.45, 7) is 0. The Kier molecular flexibility index (Phi) is 3.74. The first-order valence-corrected chi connectivity index (χ1v) is 9.57. The normalized spacial score (nSPS) is 12.1. The number of nitrogens with one attached hydrogen (secondary N) is 1. The summed E-state index contributed by atoms with van der Waals surface area (Å²) in [6.07, 6.45) is 0. The first-order valence-electron chi connectivity index (χ1n) is 9.57. The molecule has 0 spiro atoms. The Labute approximate surface area is 170 Å². The second kappa shape index (κ2) is 6.31. The highest BCUT2D eigenvalue weighted by Crippen LogP contribution is 2.49. The third kappa shape index (κ3) is 2.77. The maximum Gasteiger partial charge on any atom is 0.0702 e. The van der Waals surface area contributed by atoms with Crippen LogP contribution in [0.1, 0.15) is 22.3 Å². The van der Waals surface area contributed by atoms with Gasteiger partial charge in [-0.15, -0.1) is 0 Å². The molecule has 5 rings (SSSR count). The minimum atomic E-state index is -0.533. The molecule has 7 N–H and O–H groups in total. The van der Waals surface area contributed by atoms with Gasteiger partial charge in [-0.05, 0) is 70.8 Å². The molecule has 4 heteroatoms. The third-order valence-corrected chi connectivity index (χ3v) is 5.69. The smallest absolute Gasteiger partial charge is 0.0702 e. The van der Waals surface area contributed by atoms with Gasteiger partial charge in [-0.3, -0.25) is 0 Å². The fourth-order valence-corrected chi connectivity index (χ4v) is 4.17. The molecular formula is C25H22N4. The van der Waals surface area contributed by atoms with E-state index in [2.05, 4.69) is 59.9 Å². The maximum atomic E-state index is 6.02. The minimum Gasteiger partial charge on any atom is -0.399 e. The predicted octanol–water partition coefficient (Wildman–Crippen LogP) is 4.87. The van der Waals surface area contributed by atoms with Gasteiger partial charge >= 0.3 is 0 Å². The van der Waals surface area contributed by atoms with Gasteiger partial charge in [-0.25, -0.2) is 0 Å². The highest BCUT2D eigenvalue weighted by atomic mass is 15.0. The summed E-state index contributed by atoms with van der Waals surface area (Å²) in [5, 5.41) is 3.32. The van der Waals surface area contributed by atoms with Gasteiger partial charge in [0.2, 0.25) is 0 Å². The second-order valence-corrected chi connectivity index (χ2v) is 7.50. The molecule has 0 fully saturated rings. The van der Waals surface area contributed by atoms with Crippen molar-refractivity contribution in [2.75, 3.05) is 22.5 Å². The first kappa shape index (κ1) is 17.2. The highest BCUT2D eigenvalue weighted by molar-refractivity contribution is 5.91. The standard InChI is InChI=1S/C25H22N4/c26-20-8-1-16(2-9-20)25(17-3-10-21(27)11-4-17,18-5-12-22(28)13-6-18)19-7-14-23-24(15-19)29-23/h1-15,29H,26-28H2. The lowest BCUT2D eigenvalue weighted by Gasteiger charge is -2.36. The summed E-state index contributed by atoms with van der Waals surface area (Å²) in [7, 11) is 0. The fraction of sp³-hybridized carbons (Fsp3) is 0.0400. The SMILES string of the molecule is Nc1ccc(C(c2ccc(N)cc2)(c2ccc(N)cc2)c2ccc3c(c2)N3)cc1. The molecule has 0 unspecified atom stereocenters. The molecule has 0 amide bonds. The number of nitrogen functional groups attached to an aromatic ring is 3. The summed E-state index contributed by atoms with van der Waals surface area (Å²) in [5.74, 6) is 0. The summed E-state index contributed by atoms with van der Waals surface area (Å²) < 4.78 is 0. The van der Waals surface area contributed by atoms with Crippen LogP contribution in [-0.2, 0) is 5.41 Å². The zero-order valence-corrected chi connectivity index (χ0v) is 15.9. The Morgan fingerprint density at radius 3 is 1.21 bits per heavy atom. The van der Waals surface area contributed by atoms with Crippen LogP contribution < -0.4 is 22.5 Å². The molecule has 0 atom stereocenters. The number of rotatable bonds is 4. The van der Waals surface area contributed by atoms with Crippen molar-refractivity contribution in [3.05, 3.63) is 113 Å². The number of fused-ring (bicyclic) bond motifs is 1. The quantitative estimate of drug-likeness (QED) is 0.204. The molecule has 4 aromatic rings. The zero-order valence-electron chi connectivity index (χ0n) is 15.9. The molecular weight excluding hydrogens is 356 g/mol. The molecule has 1 aliphatic heterocycles.